The highest BCUT2D eigenvalue weighted by Crippen LogP contribution is 2.18. The lowest BCUT2D eigenvalue weighted by Crippen LogP contribution is -2.42. The first-order valence-corrected chi connectivity index (χ1v) is 10.7. The van der Waals surface area contributed by atoms with Crippen LogP contribution in [0.1, 0.15) is 32.3 Å². The van der Waals surface area contributed by atoms with Crippen molar-refractivity contribution in [2.75, 3.05) is 64.1 Å². The maximum atomic E-state index is 5.75. The lowest BCUT2D eigenvalue weighted by Gasteiger charge is -2.25. The van der Waals surface area contributed by atoms with Gasteiger partial charge in [0.25, 0.3) is 0 Å². The number of nitrogens with one attached hydrogen (secondary N) is 2. The summed E-state index contributed by atoms with van der Waals surface area (Å²) in [5.41, 5.74) is 2.62. The molecule has 1 heterocycles. The Kier molecular flexibility index (Phi) is 10.8. The fourth-order valence-corrected chi connectivity index (χ4v) is 3.34. The summed E-state index contributed by atoms with van der Waals surface area (Å²) in [5.74, 6) is 1.46. The molecule has 1 aliphatic heterocycles. The number of likely N-dealkylation sites (N-methyl/N-ethyl adjacent to an activating group) is 1. The summed E-state index contributed by atoms with van der Waals surface area (Å²) >= 11 is 0. The van der Waals surface area contributed by atoms with E-state index in [1.54, 1.807) is 0 Å². The molecule has 2 N–H and O–H groups in total. The lowest BCUT2D eigenvalue weighted by molar-refractivity contribution is 0.0893. The van der Waals surface area contributed by atoms with E-state index in [4.69, 9.17) is 9.47 Å². The van der Waals surface area contributed by atoms with Gasteiger partial charge in [0, 0.05) is 57.5 Å². The first kappa shape index (κ1) is 22.5. The fraction of sp³-hybridized carbons (Fsp3) is 0.682. The molecule has 0 radical (unpaired) electrons. The van der Waals surface area contributed by atoms with Crippen LogP contribution in [0.2, 0.25) is 0 Å². The standard InChI is InChI=1S/C22H38N4O2/c1-4-23-22(24-12-8-15-27-17-20-11-16-28-18-20)25-13-14-26(5-2)21-10-7-6-9-19(21)3/h6-7,9-10,20H,4-5,8,11-18H2,1-3H3,(H2,23,24,25). The van der Waals surface area contributed by atoms with E-state index in [1.165, 1.54) is 11.3 Å². The van der Waals surface area contributed by atoms with Crippen LogP contribution in [0.4, 0.5) is 5.69 Å². The highest BCUT2D eigenvalue weighted by molar-refractivity contribution is 5.79. The fourth-order valence-electron chi connectivity index (χ4n) is 3.34. The molecule has 1 unspecified atom stereocenters. The van der Waals surface area contributed by atoms with E-state index in [1.807, 2.05) is 0 Å². The molecule has 1 atom stereocenters. The van der Waals surface area contributed by atoms with Crippen molar-refractivity contribution in [3.05, 3.63) is 29.8 Å². The Hall–Kier alpha value is -1.79. The highest BCUT2D eigenvalue weighted by Gasteiger charge is 2.15. The lowest BCUT2D eigenvalue weighted by atomic mass is 10.1. The number of para-hydroxylation sites is 1. The van der Waals surface area contributed by atoms with E-state index < -0.39 is 0 Å². The van der Waals surface area contributed by atoms with Gasteiger partial charge in [0.2, 0.25) is 0 Å². The largest absolute Gasteiger partial charge is 0.381 e. The van der Waals surface area contributed by atoms with Gasteiger partial charge in [-0.1, -0.05) is 18.2 Å². The van der Waals surface area contributed by atoms with Gasteiger partial charge in [-0.05, 0) is 45.2 Å². The molecule has 6 nitrogen and oxygen atoms in total. The second kappa shape index (κ2) is 13.4. The van der Waals surface area contributed by atoms with Gasteiger partial charge < -0.3 is 25.0 Å². The summed E-state index contributed by atoms with van der Waals surface area (Å²) in [6.45, 7) is 14.2. The van der Waals surface area contributed by atoms with Crippen molar-refractivity contribution in [3.63, 3.8) is 0 Å². The number of ether oxygens (including phenoxy) is 2. The predicted octanol–water partition coefficient (Wildman–Crippen LogP) is 2.82. The normalized spacial score (nSPS) is 17.0. The third kappa shape index (κ3) is 8.07. The zero-order valence-electron chi connectivity index (χ0n) is 17.9. The van der Waals surface area contributed by atoms with Crippen LogP contribution >= 0.6 is 0 Å². The SMILES string of the molecule is CCNC(=NCCCOCC1CCOC1)NCCN(CC)c1ccccc1C. The summed E-state index contributed by atoms with van der Waals surface area (Å²) in [5, 5.41) is 6.77. The Bertz CT molecular complexity index is 573. The Morgan fingerprint density at radius 1 is 1.29 bits per heavy atom. The highest BCUT2D eigenvalue weighted by atomic mass is 16.5. The molecular weight excluding hydrogens is 352 g/mol. The van der Waals surface area contributed by atoms with Crippen molar-refractivity contribution in [2.45, 2.75) is 33.6 Å². The van der Waals surface area contributed by atoms with Gasteiger partial charge in [0.05, 0.1) is 13.2 Å². The molecule has 0 bridgehead atoms. The summed E-state index contributed by atoms with van der Waals surface area (Å²) in [6, 6.07) is 8.55. The van der Waals surface area contributed by atoms with E-state index in [-0.39, 0.29) is 0 Å². The zero-order valence-corrected chi connectivity index (χ0v) is 17.9. The van der Waals surface area contributed by atoms with Crippen LogP contribution in [0, 0.1) is 12.8 Å². The molecule has 0 aliphatic carbocycles. The zero-order chi connectivity index (χ0) is 20.0. The summed E-state index contributed by atoms with van der Waals surface area (Å²) < 4.78 is 11.1. The third-order valence-corrected chi connectivity index (χ3v) is 4.95. The van der Waals surface area contributed by atoms with Gasteiger partial charge >= 0.3 is 0 Å². The second-order valence-electron chi connectivity index (χ2n) is 7.21. The third-order valence-electron chi connectivity index (χ3n) is 4.95. The summed E-state index contributed by atoms with van der Waals surface area (Å²) in [7, 11) is 0. The molecule has 1 saturated heterocycles. The van der Waals surface area contributed by atoms with Crippen LogP contribution in [0.25, 0.3) is 0 Å². The molecular formula is C22H38N4O2. The maximum Gasteiger partial charge on any atom is 0.191 e. The monoisotopic (exact) mass is 390 g/mol. The number of anilines is 1. The first-order chi connectivity index (χ1) is 13.7. The minimum absolute atomic E-state index is 0.581. The van der Waals surface area contributed by atoms with Crippen molar-refractivity contribution in [3.8, 4) is 0 Å². The van der Waals surface area contributed by atoms with Crippen molar-refractivity contribution < 1.29 is 9.47 Å². The van der Waals surface area contributed by atoms with Crippen LogP contribution in [0.5, 0.6) is 0 Å². The molecule has 158 valence electrons. The van der Waals surface area contributed by atoms with Gasteiger partial charge in [0.15, 0.2) is 5.96 Å². The van der Waals surface area contributed by atoms with Crippen LogP contribution in [0.3, 0.4) is 0 Å². The number of aliphatic imine (C=N–C) groups is 1. The smallest absolute Gasteiger partial charge is 0.191 e. The first-order valence-electron chi connectivity index (χ1n) is 10.7. The van der Waals surface area contributed by atoms with E-state index in [9.17, 15) is 0 Å². The average Bonchev–Trinajstić information content (AvgIpc) is 3.22. The van der Waals surface area contributed by atoms with Crippen LogP contribution in [0.15, 0.2) is 29.3 Å². The van der Waals surface area contributed by atoms with Gasteiger partial charge in [0.1, 0.15) is 0 Å². The number of benzene rings is 1. The van der Waals surface area contributed by atoms with E-state index in [2.05, 4.69) is 65.6 Å². The summed E-state index contributed by atoms with van der Waals surface area (Å²) in [4.78, 5) is 7.06. The molecule has 6 heteroatoms. The minimum atomic E-state index is 0.581. The topological polar surface area (TPSA) is 58.1 Å². The number of hydrogen-bond acceptors (Lipinski definition) is 4. The molecule has 0 saturated carbocycles. The Balaban J connectivity index is 1.67. The quantitative estimate of drug-likeness (QED) is 0.327. The van der Waals surface area contributed by atoms with E-state index in [0.29, 0.717) is 5.92 Å². The predicted molar refractivity (Wildman–Crippen MR) is 117 cm³/mol. The van der Waals surface area contributed by atoms with Crippen LogP contribution in [-0.2, 0) is 9.47 Å². The van der Waals surface area contributed by atoms with E-state index in [0.717, 1.165) is 78.0 Å². The number of aryl methyl sites for hydroxylation is 1. The van der Waals surface area contributed by atoms with Crippen molar-refractivity contribution in [1.29, 1.82) is 0 Å². The average molecular weight is 391 g/mol. The number of rotatable bonds is 12. The molecule has 28 heavy (non-hydrogen) atoms. The van der Waals surface area contributed by atoms with Crippen molar-refractivity contribution in [1.82, 2.24) is 10.6 Å². The Morgan fingerprint density at radius 2 is 2.14 bits per heavy atom. The number of hydrogen-bond donors (Lipinski definition) is 2. The molecule has 2 rings (SSSR count). The molecule has 1 aromatic rings. The van der Waals surface area contributed by atoms with Crippen molar-refractivity contribution in [2.24, 2.45) is 10.9 Å². The molecule has 0 aromatic heterocycles. The summed E-state index contributed by atoms with van der Waals surface area (Å²) in [6.07, 6.45) is 2.07. The van der Waals surface area contributed by atoms with Gasteiger partial charge in [-0.15, -0.1) is 0 Å². The maximum absolute atomic E-state index is 5.75. The Morgan fingerprint density at radius 3 is 2.86 bits per heavy atom. The molecule has 0 amide bonds. The molecule has 1 fully saturated rings. The van der Waals surface area contributed by atoms with Crippen molar-refractivity contribution >= 4 is 11.6 Å². The Labute approximate surface area is 170 Å². The molecule has 1 aliphatic rings. The van der Waals surface area contributed by atoms with E-state index >= 15 is 0 Å². The van der Waals surface area contributed by atoms with Crippen LogP contribution in [-0.4, -0.2) is 65.1 Å². The minimum Gasteiger partial charge on any atom is -0.381 e. The second-order valence-corrected chi connectivity index (χ2v) is 7.21. The molecule has 1 aromatic carbocycles. The molecule has 0 spiro atoms. The van der Waals surface area contributed by atoms with Gasteiger partial charge in [-0.2, -0.15) is 0 Å². The van der Waals surface area contributed by atoms with Gasteiger partial charge in [-0.25, -0.2) is 0 Å². The number of guanidine groups is 1. The van der Waals surface area contributed by atoms with Crippen LogP contribution < -0.4 is 15.5 Å². The number of nitrogens with zero attached hydrogens (tertiary/aromatic N) is 2. The van der Waals surface area contributed by atoms with Gasteiger partial charge in [-0.3, -0.25) is 4.99 Å².